The zero-order chi connectivity index (χ0) is 15.4. The fourth-order valence-electron chi connectivity index (χ4n) is 3.30. The predicted octanol–water partition coefficient (Wildman–Crippen LogP) is 2.06. The molecule has 2 aliphatic rings. The van der Waals surface area contributed by atoms with Crippen LogP contribution >= 0.6 is 0 Å². The number of hydrogen-bond donors (Lipinski definition) is 1. The molecule has 1 amide bonds. The van der Waals surface area contributed by atoms with Crippen molar-refractivity contribution < 1.29 is 4.79 Å². The van der Waals surface area contributed by atoms with Crippen molar-refractivity contribution in [3.63, 3.8) is 0 Å². The average molecular weight is 304 g/mol. The number of aryl methyl sites for hydroxylation is 1. The van der Waals surface area contributed by atoms with E-state index < -0.39 is 0 Å². The van der Waals surface area contributed by atoms with Crippen LogP contribution in [0.4, 0.5) is 0 Å². The van der Waals surface area contributed by atoms with Crippen LogP contribution in [0.3, 0.4) is 0 Å². The first kappa shape index (κ1) is 15.5. The second kappa shape index (κ2) is 7.27. The summed E-state index contributed by atoms with van der Waals surface area (Å²) < 4.78 is 2.27. The van der Waals surface area contributed by atoms with Crippen LogP contribution in [0.2, 0.25) is 0 Å². The maximum Gasteiger partial charge on any atom is 0.234 e. The number of hydrogen-bond acceptors (Lipinski definition) is 3. The maximum absolute atomic E-state index is 12.1. The largest absolute Gasteiger partial charge is 0.353 e. The van der Waals surface area contributed by atoms with Crippen molar-refractivity contribution in [3.8, 4) is 0 Å². The topological polar surface area (TPSA) is 50.2 Å². The van der Waals surface area contributed by atoms with Gasteiger partial charge < -0.3 is 9.88 Å². The molecule has 5 heteroatoms. The fraction of sp³-hybridized carbons (Fsp3) is 0.765. The van der Waals surface area contributed by atoms with Gasteiger partial charge in [-0.05, 0) is 45.7 Å². The van der Waals surface area contributed by atoms with E-state index in [0.717, 1.165) is 19.6 Å². The van der Waals surface area contributed by atoms with Crippen LogP contribution in [-0.2, 0) is 11.3 Å². The summed E-state index contributed by atoms with van der Waals surface area (Å²) in [7, 11) is 0. The molecule has 0 aromatic carbocycles. The van der Waals surface area contributed by atoms with Crippen molar-refractivity contribution in [2.75, 3.05) is 26.2 Å². The van der Waals surface area contributed by atoms with Gasteiger partial charge in [0, 0.05) is 30.9 Å². The SMILES string of the molecule is Cc1cnc(C2CC2)n1CCNC(=O)CN1CCCCCC1. The lowest BCUT2D eigenvalue weighted by atomic mass is 10.2. The standard InChI is InChI=1S/C17H28N4O/c1-14-12-19-17(15-6-7-15)21(14)11-8-18-16(22)13-20-9-4-2-3-5-10-20/h12,15H,2-11,13H2,1H3,(H,18,22). The fourth-order valence-corrected chi connectivity index (χ4v) is 3.30. The molecule has 2 fully saturated rings. The van der Waals surface area contributed by atoms with Gasteiger partial charge >= 0.3 is 0 Å². The lowest BCUT2D eigenvalue weighted by Gasteiger charge is -2.19. The third kappa shape index (κ3) is 4.09. The number of nitrogens with one attached hydrogen (secondary N) is 1. The maximum atomic E-state index is 12.1. The molecule has 0 radical (unpaired) electrons. The molecule has 1 saturated heterocycles. The van der Waals surface area contributed by atoms with Gasteiger partial charge in [-0.1, -0.05) is 12.8 Å². The Morgan fingerprint density at radius 1 is 1.27 bits per heavy atom. The molecule has 1 aromatic heterocycles. The van der Waals surface area contributed by atoms with Gasteiger partial charge in [0.25, 0.3) is 0 Å². The molecule has 0 bridgehead atoms. The van der Waals surface area contributed by atoms with E-state index >= 15 is 0 Å². The monoisotopic (exact) mass is 304 g/mol. The molecule has 5 nitrogen and oxygen atoms in total. The number of carbonyl (C=O) groups is 1. The Morgan fingerprint density at radius 2 is 2.00 bits per heavy atom. The molecule has 0 atom stereocenters. The summed E-state index contributed by atoms with van der Waals surface area (Å²) in [5.74, 6) is 2.02. The first-order valence-electron chi connectivity index (χ1n) is 8.75. The number of amides is 1. The van der Waals surface area contributed by atoms with Crippen molar-refractivity contribution in [1.82, 2.24) is 19.8 Å². The second-order valence-corrected chi connectivity index (χ2v) is 6.72. The van der Waals surface area contributed by atoms with E-state index in [4.69, 9.17) is 0 Å². The van der Waals surface area contributed by atoms with Gasteiger partial charge in [-0.25, -0.2) is 4.98 Å². The summed E-state index contributed by atoms with van der Waals surface area (Å²) in [5.41, 5.74) is 1.20. The van der Waals surface area contributed by atoms with E-state index in [-0.39, 0.29) is 5.91 Å². The van der Waals surface area contributed by atoms with Crippen LogP contribution in [0.25, 0.3) is 0 Å². The van der Waals surface area contributed by atoms with Crippen molar-refractivity contribution in [2.45, 2.75) is 57.9 Å². The second-order valence-electron chi connectivity index (χ2n) is 6.72. The molecule has 3 rings (SSSR count). The quantitative estimate of drug-likeness (QED) is 0.875. The number of aromatic nitrogens is 2. The van der Waals surface area contributed by atoms with E-state index in [1.165, 1.54) is 50.0 Å². The summed E-state index contributed by atoms with van der Waals surface area (Å²) >= 11 is 0. The lowest BCUT2D eigenvalue weighted by molar-refractivity contribution is -0.122. The Morgan fingerprint density at radius 3 is 2.68 bits per heavy atom. The number of carbonyl (C=O) groups excluding carboxylic acids is 1. The highest BCUT2D eigenvalue weighted by molar-refractivity contribution is 5.77. The molecule has 1 aromatic rings. The van der Waals surface area contributed by atoms with Crippen LogP contribution in [0.15, 0.2) is 6.20 Å². The van der Waals surface area contributed by atoms with Crippen LogP contribution in [0.5, 0.6) is 0 Å². The summed E-state index contributed by atoms with van der Waals surface area (Å²) in [4.78, 5) is 18.9. The van der Waals surface area contributed by atoms with Crippen LogP contribution in [0, 0.1) is 6.92 Å². The van der Waals surface area contributed by atoms with Gasteiger partial charge in [-0.3, -0.25) is 9.69 Å². The highest BCUT2D eigenvalue weighted by Crippen LogP contribution is 2.39. The van der Waals surface area contributed by atoms with E-state index in [0.29, 0.717) is 19.0 Å². The van der Waals surface area contributed by atoms with Gasteiger partial charge in [0.05, 0.1) is 6.54 Å². The van der Waals surface area contributed by atoms with Crippen molar-refractivity contribution in [3.05, 3.63) is 17.7 Å². The van der Waals surface area contributed by atoms with Crippen LogP contribution < -0.4 is 5.32 Å². The number of imidazole rings is 1. The molecule has 0 unspecified atom stereocenters. The molecule has 1 saturated carbocycles. The Bertz CT molecular complexity index is 499. The third-order valence-corrected chi connectivity index (χ3v) is 4.75. The molecule has 122 valence electrons. The van der Waals surface area contributed by atoms with Gasteiger partial charge in [0.2, 0.25) is 5.91 Å². The van der Waals surface area contributed by atoms with Crippen LogP contribution in [-0.4, -0.2) is 46.5 Å². The Kier molecular flexibility index (Phi) is 5.13. The van der Waals surface area contributed by atoms with E-state index in [9.17, 15) is 4.79 Å². The minimum absolute atomic E-state index is 0.160. The highest BCUT2D eigenvalue weighted by Gasteiger charge is 2.28. The third-order valence-electron chi connectivity index (χ3n) is 4.75. The minimum Gasteiger partial charge on any atom is -0.353 e. The summed E-state index contributed by atoms with van der Waals surface area (Å²) in [6.45, 7) is 6.32. The van der Waals surface area contributed by atoms with E-state index in [1.54, 1.807) is 0 Å². The first-order chi connectivity index (χ1) is 10.7. The molecule has 22 heavy (non-hydrogen) atoms. The summed E-state index contributed by atoms with van der Waals surface area (Å²) in [6, 6.07) is 0. The molecule has 1 aliphatic carbocycles. The lowest BCUT2D eigenvalue weighted by Crippen LogP contribution is -2.39. The van der Waals surface area contributed by atoms with Crippen LogP contribution in [0.1, 0.15) is 56.0 Å². The highest BCUT2D eigenvalue weighted by atomic mass is 16.2. The van der Waals surface area contributed by atoms with Crippen molar-refractivity contribution in [1.29, 1.82) is 0 Å². The Labute approximate surface area is 133 Å². The molecular formula is C17H28N4O. The molecule has 1 aliphatic heterocycles. The normalized spacial score (nSPS) is 19.9. The Hall–Kier alpha value is -1.36. The van der Waals surface area contributed by atoms with Gasteiger partial charge in [0.1, 0.15) is 5.82 Å². The summed E-state index contributed by atoms with van der Waals surface area (Å²) in [5, 5.41) is 3.07. The van der Waals surface area contributed by atoms with E-state index in [1.807, 2.05) is 6.20 Å². The zero-order valence-corrected chi connectivity index (χ0v) is 13.7. The van der Waals surface area contributed by atoms with Crippen molar-refractivity contribution in [2.24, 2.45) is 0 Å². The molecule has 0 spiro atoms. The minimum atomic E-state index is 0.160. The van der Waals surface area contributed by atoms with E-state index in [2.05, 4.69) is 26.7 Å². The number of rotatable bonds is 6. The summed E-state index contributed by atoms with van der Waals surface area (Å²) in [6.07, 6.45) is 9.55. The smallest absolute Gasteiger partial charge is 0.234 e. The van der Waals surface area contributed by atoms with Gasteiger partial charge in [-0.2, -0.15) is 0 Å². The molecular weight excluding hydrogens is 276 g/mol. The zero-order valence-electron chi connectivity index (χ0n) is 13.7. The van der Waals surface area contributed by atoms with Crippen molar-refractivity contribution >= 4 is 5.91 Å². The average Bonchev–Trinajstić information content (AvgIpc) is 3.29. The first-order valence-corrected chi connectivity index (χ1v) is 8.75. The number of likely N-dealkylation sites (tertiary alicyclic amines) is 1. The predicted molar refractivity (Wildman–Crippen MR) is 86.9 cm³/mol. The van der Waals surface area contributed by atoms with Gasteiger partial charge in [-0.15, -0.1) is 0 Å². The van der Waals surface area contributed by atoms with Gasteiger partial charge in [0.15, 0.2) is 0 Å². The Balaban J connectivity index is 1.42. The number of nitrogens with zero attached hydrogens (tertiary/aromatic N) is 3. The molecule has 1 N–H and O–H groups in total. The molecule has 2 heterocycles.